The van der Waals surface area contributed by atoms with Crippen molar-refractivity contribution in [1.29, 1.82) is 0 Å². The summed E-state index contributed by atoms with van der Waals surface area (Å²) in [5.41, 5.74) is -0.819. The lowest BCUT2D eigenvalue weighted by Crippen LogP contribution is -2.46. The molecule has 1 N–H and O–H groups in total. The number of aliphatic imine (C=N–C) groups is 1. The number of hydrogen-bond acceptors (Lipinski definition) is 7. The number of imidazole rings is 1. The van der Waals surface area contributed by atoms with E-state index in [1.807, 2.05) is 12.1 Å². The normalized spacial score (nSPS) is 24.8. The number of esters is 1. The highest BCUT2D eigenvalue weighted by molar-refractivity contribution is 8.14. The molecule has 0 amide bonds. The summed E-state index contributed by atoms with van der Waals surface area (Å²) in [6.07, 6.45) is 5.37. The molecule has 2 heterocycles. The van der Waals surface area contributed by atoms with E-state index in [0.29, 0.717) is 27.0 Å². The number of benzene rings is 1. The van der Waals surface area contributed by atoms with Gasteiger partial charge in [0.1, 0.15) is 16.3 Å². The summed E-state index contributed by atoms with van der Waals surface area (Å²) in [6, 6.07) is 5.53. The molecule has 7 nitrogen and oxygen atoms in total. The van der Waals surface area contributed by atoms with E-state index in [1.54, 1.807) is 13.2 Å². The zero-order valence-electron chi connectivity index (χ0n) is 14.8. The third-order valence-corrected chi connectivity index (χ3v) is 6.02. The number of hydrogen-bond donors (Lipinski definition) is 1. The number of ether oxygens (including phenoxy) is 2. The van der Waals surface area contributed by atoms with Crippen LogP contribution >= 0.6 is 11.8 Å². The Labute approximate surface area is 155 Å². The number of nitrogens with zero attached hydrogens (tertiary/aromatic N) is 3. The van der Waals surface area contributed by atoms with Gasteiger partial charge in [-0.1, -0.05) is 25.3 Å². The van der Waals surface area contributed by atoms with Gasteiger partial charge in [-0.25, -0.2) is 9.78 Å². The largest absolute Gasteiger partial charge is 0.494 e. The highest BCUT2D eigenvalue weighted by atomic mass is 32.2. The summed E-state index contributed by atoms with van der Waals surface area (Å²) in [5.74, 6) is -0.244. The lowest BCUT2D eigenvalue weighted by atomic mass is 9.96. The smallest absolute Gasteiger partial charge is 0.367 e. The lowest BCUT2D eigenvalue weighted by molar-refractivity contribution is -0.162. The van der Waals surface area contributed by atoms with Gasteiger partial charge in [-0.05, 0) is 36.7 Å². The third-order valence-electron chi connectivity index (χ3n) is 4.98. The molecule has 4 rings (SSSR count). The van der Waals surface area contributed by atoms with Crippen LogP contribution in [-0.4, -0.2) is 45.9 Å². The van der Waals surface area contributed by atoms with Crippen LogP contribution in [0, 0.1) is 0 Å². The van der Waals surface area contributed by atoms with Gasteiger partial charge in [-0.15, -0.1) is 0 Å². The average molecular weight is 375 g/mol. The van der Waals surface area contributed by atoms with Crippen molar-refractivity contribution in [3.8, 4) is 5.75 Å². The highest BCUT2D eigenvalue weighted by Crippen LogP contribution is 2.45. The zero-order chi connectivity index (χ0) is 18.3. The number of aromatic nitrogens is 2. The standard InChI is InChI=1S/C18H21N3O4S/c1-24-13-10-6-9-12-14(13)21-17(20-12)26-15(18(21,23)16(22)25-2)19-11-7-4-3-5-8-11/h6,9-11,23H,3-5,7-8H2,1-2H3. The zero-order valence-corrected chi connectivity index (χ0v) is 15.6. The van der Waals surface area contributed by atoms with Gasteiger partial charge >= 0.3 is 5.97 Å². The Bertz CT molecular complexity index is 888. The molecule has 1 unspecified atom stereocenters. The minimum atomic E-state index is -2.02. The summed E-state index contributed by atoms with van der Waals surface area (Å²) < 4.78 is 11.8. The van der Waals surface area contributed by atoms with Crippen molar-refractivity contribution >= 4 is 33.8 Å². The van der Waals surface area contributed by atoms with Crippen LogP contribution in [0.3, 0.4) is 0 Å². The van der Waals surface area contributed by atoms with Crippen molar-refractivity contribution in [3.63, 3.8) is 0 Å². The number of fused-ring (bicyclic) bond motifs is 3. The van der Waals surface area contributed by atoms with Crippen molar-refractivity contribution in [2.75, 3.05) is 14.2 Å². The molecule has 2 aliphatic rings. The molecular formula is C18H21N3O4S. The van der Waals surface area contributed by atoms with Gasteiger partial charge in [0.2, 0.25) is 0 Å². The summed E-state index contributed by atoms with van der Waals surface area (Å²) >= 11 is 1.22. The summed E-state index contributed by atoms with van der Waals surface area (Å²) in [5, 5.41) is 12.3. The van der Waals surface area contributed by atoms with E-state index in [-0.39, 0.29) is 6.04 Å². The molecule has 1 aromatic heterocycles. The van der Waals surface area contributed by atoms with Crippen molar-refractivity contribution in [2.24, 2.45) is 4.99 Å². The fourth-order valence-corrected chi connectivity index (χ4v) is 4.82. The molecular weight excluding hydrogens is 354 g/mol. The van der Waals surface area contributed by atoms with Crippen LogP contribution in [0.25, 0.3) is 11.0 Å². The van der Waals surface area contributed by atoms with Gasteiger partial charge in [0.25, 0.3) is 5.72 Å². The van der Waals surface area contributed by atoms with E-state index >= 15 is 0 Å². The molecule has 1 aromatic carbocycles. The number of aliphatic hydroxyl groups is 1. The summed E-state index contributed by atoms with van der Waals surface area (Å²) in [6.45, 7) is 0. The molecule has 0 spiro atoms. The van der Waals surface area contributed by atoms with Gasteiger partial charge in [0.15, 0.2) is 5.16 Å². The fourth-order valence-electron chi connectivity index (χ4n) is 3.67. The predicted molar refractivity (Wildman–Crippen MR) is 98.7 cm³/mol. The highest BCUT2D eigenvalue weighted by Gasteiger charge is 2.54. The maximum absolute atomic E-state index is 12.6. The second kappa shape index (κ2) is 6.59. The van der Waals surface area contributed by atoms with E-state index < -0.39 is 11.7 Å². The van der Waals surface area contributed by atoms with E-state index in [1.165, 1.54) is 29.9 Å². The van der Waals surface area contributed by atoms with Crippen LogP contribution in [0.5, 0.6) is 5.75 Å². The Morgan fingerprint density at radius 1 is 1.35 bits per heavy atom. The van der Waals surface area contributed by atoms with Gasteiger partial charge in [-0.2, -0.15) is 0 Å². The number of rotatable bonds is 3. The van der Waals surface area contributed by atoms with Crippen molar-refractivity contribution in [3.05, 3.63) is 18.2 Å². The first-order valence-electron chi connectivity index (χ1n) is 8.72. The molecule has 8 heteroatoms. The van der Waals surface area contributed by atoms with Gasteiger partial charge in [-0.3, -0.25) is 9.56 Å². The number of carbonyl (C=O) groups is 1. The molecule has 0 saturated heterocycles. The number of carbonyl (C=O) groups excluding carboxylic acids is 1. The second-order valence-electron chi connectivity index (χ2n) is 6.55. The molecule has 1 aliphatic carbocycles. The minimum absolute atomic E-state index is 0.111. The van der Waals surface area contributed by atoms with Crippen LogP contribution in [0.1, 0.15) is 32.1 Å². The maximum atomic E-state index is 12.6. The van der Waals surface area contributed by atoms with Crippen LogP contribution < -0.4 is 4.74 Å². The Kier molecular flexibility index (Phi) is 4.40. The van der Waals surface area contributed by atoms with Gasteiger partial charge in [0.05, 0.1) is 25.8 Å². The number of thioether (sulfide) groups is 1. The lowest BCUT2D eigenvalue weighted by Gasteiger charge is -2.25. The first-order chi connectivity index (χ1) is 12.6. The number of para-hydroxylation sites is 1. The predicted octanol–water partition coefficient (Wildman–Crippen LogP) is 2.70. The van der Waals surface area contributed by atoms with Crippen LogP contribution in [-0.2, 0) is 15.3 Å². The monoisotopic (exact) mass is 375 g/mol. The first-order valence-corrected chi connectivity index (χ1v) is 9.54. The fraction of sp³-hybridized carbons (Fsp3) is 0.500. The molecule has 1 saturated carbocycles. The molecule has 0 bridgehead atoms. The van der Waals surface area contributed by atoms with E-state index in [4.69, 9.17) is 14.5 Å². The van der Waals surface area contributed by atoms with E-state index in [0.717, 1.165) is 25.7 Å². The van der Waals surface area contributed by atoms with Crippen molar-refractivity contribution < 1.29 is 19.4 Å². The van der Waals surface area contributed by atoms with Crippen LogP contribution in [0.4, 0.5) is 0 Å². The minimum Gasteiger partial charge on any atom is -0.494 e. The Hall–Kier alpha value is -2.06. The first kappa shape index (κ1) is 17.4. The molecule has 1 atom stereocenters. The SMILES string of the molecule is COC(=O)C1(O)C(=NC2CCCCC2)Sc2nc3cccc(OC)c3n21. The van der Waals surface area contributed by atoms with Crippen LogP contribution in [0.2, 0.25) is 0 Å². The summed E-state index contributed by atoms with van der Waals surface area (Å²) in [7, 11) is 2.81. The quantitative estimate of drug-likeness (QED) is 0.830. The Morgan fingerprint density at radius 2 is 2.12 bits per heavy atom. The van der Waals surface area contributed by atoms with Crippen molar-refractivity contribution in [2.45, 2.75) is 49.0 Å². The molecule has 1 aliphatic heterocycles. The van der Waals surface area contributed by atoms with Crippen molar-refractivity contribution in [1.82, 2.24) is 9.55 Å². The van der Waals surface area contributed by atoms with Crippen LogP contribution in [0.15, 0.2) is 28.3 Å². The molecule has 0 radical (unpaired) electrons. The summed E-state index contributed by atoms with van der Waals surface area (Å²) in [4.78, 5) is 21.9. The molecule has 138 valence electrons. The number of methoxy groups -OCH3 is 2. The molecule has 26 heavy (non-hydrogen) atoms. The third kappa shape index (κ3) is 2.51. The van der Waals surface area contributed by atoms with Gasteiger partial charge < -0.3 is 14.6 Å². The average Bonchev–Trinajstić information content (AvgIpc) is 3.17. The molecule has 1 fully saturated rings. The topological polar surface area (TPSA) is 85.9 Å². The Morgan fingerprint density at radius 3 is 2.81 bits per heavy atom. The van der Waals surface area contributed by atoms with E-state index in [2.05, 4.69) is 4.98 Å². The van der Waals surface area contributed by atoms with E-state index in [9.17, 15) is 9.90 Å². The van der Waals surface area contributed by atoms with Gasteiger partial charge in [0, 0.05) is 0 Å². The second-order valence-corrected chi connectivity index (χ2v) is 7.51. The Balaban J connectivity index is 1.89. The maximum Gasteiger partial charge on any atom is 0.367 e. The molecule has 2 aromatic rings.